The molecule has 0 saturated heterocycles. The predicted octanol–water partition coefficient (Wildman–Crippen LogP) is 2.56. The zero-order chi connectivity index (χ0) is 13.3. The first-order chi connectivity index (χ1) is 8.56. The van der Waals surface area contributed by atoms with Crippen LogP contribution >= 0.6 is 15.9 Å². The first kappa shape index (κ1) is 12.6. The third-order valence-electron chi connectivity index (χ3n) is 2.58. The van der Waals surface area contributed by atoms with Crippen molar-refractivity contribution in [1.29, 1.82) is 0 Å². The fourth-order valence-corrected chi connectivity index (χ4v) is 2.11. The number of aromatic carboxylic acids is 1. The minimum atomic E-state index is -1.07. The van der Waals surface area contributed by atoms with Gasteiger partial charge in [0, 0.05) is 7.05 Å². The van der Waals surface area contributed by atoms with Gasteiger partial charge in [0.15, 0.2) is 5.69 Å². The lowest BCUT2D eigenvalue weighted by molar-refractivity contribution is 0.0690. The quantitative estimate of drug-likeness (QED) is 0.946. The molecule has 0 atom stereocenters. The molecule has 0 aliphatic heterocycles. The Labute approximate surface area is 112 Å². The number of imidazole rings is 1. The van der Waals surface area contributed by atoms with E-state index in [0.717, 1.165) is 5.56 Å². The number of carbonyl (C=O) groups is 1. The van der Waals surface area contributed by atoms with Crippen LogP contribution < -0.4 is 4.74 Å². The smallest absolute Gasteiger partial charge is 0.357 e. The topological polar surface area (TPSA) is 64.3 Å². The minimum Gasteiger partial charge on any atom is -0.496 e. The maximum atomic E-state index is 11.0. The van der Waals surface area contributed by atoms with Crippen LogP contribution in [0.2, 0.25) is 0 Å². The molecule has 1 aromatic heterocycles. The van der Waals surface area contributed by atoms with Crippen LogP contribution in [0.1, 0.15) is 10.5 Å². The molecule has 2 rings (SSSR count). The Balaban J connectivity index is 2.65. The van der Waals surface area contributed by atoms with Gasteiger partial charge in [-0.2, -0.15) is 0 Å². The summed E-state index contributed by atoms with van der Waals surface area (Å²) in [5, 5.41) is 9.04. The van der Waals surface area contributed by atoms with Crippen LogP contribution in [-0.4, -0.2) is 27.7 Å². The molecule has 0 aliphatic rings. The molecular weight excluding hydrogens is 300 g/mol. The molecule has 0 radical (unpaired) electrons. The molecule has 0 amide bonds. The number of hydrogen-bond donors (Lipinski definition) is 1. The summed E-state index contributed by atoms with van der Waals surface area (Å²) in [6.07, 6.45) is 0. The van der Waals surface area contributed by atoms with Crippen LogP contribution in [0.15, 0.2) is 28.9 Å². The predicted molar refractivity (Wildman–Crippen MR) is 69.9 cm³/mol. The van der Waals surface area contributed by atoms with E-state index in [9.17, 15) is 4.79 Å². The van der Waals surface area contributed by atoms with Gasteiger partial charge < -0.3 is 14.4 Å². The van der Waals surface area contributed by atoms with Gasteiger partial charge in [-0.05, 0) is 28.1 Å². The van der Waals surface area contributed by atoms with Crippen molar-refractivity contribution in [3.05, 3.63) is 34.6 Å². The maximum absolute atomic E-state index is 11.0. The first-order valence-electron chi connectivity index (χ1n) is 5.15. The van der Waals surface area contributed by atoms with Crippen molar-refractivity contribution in [2.24, 2.45) is 7.05 Å². The molecule has 0 unspecified atom stereocenters. The average Bonchev–Trinajstić information content (AvgIpc) is 2.66. The van der Waals surface area contributed by atoms with Crippen molar-refractivity contribution in [1.82, 2.24) is 9.55 Å². The number of para-hydroxylation sites is 1. The van der Waals surface area contributed by atoms with Gasteiger partial charge in [-0.1, -0.05) is 12.1 Å². The second kappa shape index (κ2) is 4.81. The summed E-state index contributed by atoms with van der Waals surface area (Å²) < 4.78 is 7.34. The van der Waals surface area contributed by atoms with Gasteiger partial charge >= 0.3 is 5.97 Å². The molecule has 94 valence electrons. The molecule has 1 N–H and O–H groups in total. The van der Waals surface area contributed by atoms with Gasteiger partial charge in [-0.15, -0.1) is 0 Å². The fraction of sp³-hybridized carbons (Fsp3) is 0.167. The summed E-state index contributed by atoms with van der Waals surface area (Å²) in [4.78, 5) is 15.2. The van der Waals surface area contributed by atoms with Crippen molar-refractivity contribution in [3.63, 3.8) is 0 Å². The molecule has 1 aromatic carbocycles. The van der Waals surface area contributed by atoms with E-state index in [1.54, 1.807) is 24.8 Å². The number of rotatable bonds is 3. The summed E-state index contributed by atoms with van der Waals surface area (Å²) in [6.45, 7) is 0. The average molecular weight is 311 g/mol. The lowest BCUT2D eigenvalue weighted by Gasteiger charge is -2.07. The van der Waals surface area contributed by atoms with Crippen molar-refractivity contribution >= 4 is 21.9 Å². The highest BCUT2D eigenvalue weighted by molar-refractivity contribution is 9.10. The van der Waals surface area contributed by atoms with E-state index in [0.29, 0.717) is 16.2 Å². The number of ether oxygens (including phenoxy) is 1. The highest BCUT2D eigenvalue weighted by Crippen LogP contribution is 2.31. The van der Waals surface area contributed by atoms with Crippen molar-refractivity contribution < 1.29 is 14.6 Å². The molecule has 0 spiro atoms. The lowest BCUT2D eigenvalue weighted by atomic mass is 10.2. The molecule has 0 saturated carbocycles. The van der Waals surface area contributed by atoms with Gasteiger partial charge in [-0.25, -0.2) is 9.78 Å². The molecule has 1 heterocycles. The fourth-order valence-electron chi connectivity index (χ4n) is 1.69. The molecule has 0 aliphatic carbocycles. The summed E-state index contributed by atoms with van der Waals surface area (Å²) in [6, 6.07) is 7.33. The van der Waals surface area contributed by atoms with E-state index in [-0.39, 0.29) is 5.69 Å². The third-order valence-corrected chi connectivity index (χ3v) is 3.48. The van der Waals surface area contributed by atoms with E-state index >= 15 is 0 Å². The Morgan fingerprint density at radius 2 is 2.11 bits per heavy atom. The van der Waals surface area contributed by atoms with E-state index < -0.39 is 5.97 Å². The number of benzene rings is 1. The Bertz CT molecular complexity index is 607. The largest absolute Gasteiger partial charge is 0.496 e. The van der Waals surface area contributed by atoms with Gasteiger partial charge in [0.2, 0.25) is 0 Å². The lowest BCUT2D eigenvalue weighted by Crippen LogP contribution is -1.97. The molecule has 0 bridgehead atoms. The Morgan fingerprint density at radius 3 is 2.67 bits per heavy atom. The number of nitrogens with zero attached hydrogens (tertiary/aromatic N) is 2. The van der Waals surface area contributed by atoms with Gasteiger partial charge in [0.1, 0.15) is 16.2 Å². The maximum Gasteiger partial charge on any atom is 0.357 e. The number of aromatic nitrogens is 2. The molecule has 2 aromatic rings. The summed E-state index contributed by atoms with van der Waals surface area (Å²) in [5.74, 6) is 0.116. The van der Waals surface area contributed by atoms with Crippen molar-refractivity contribution in [3.8, 4) is 17.1 Å². The molecule has 5 nitrogen and oxygen atoms in total. The molecule has 6 heteroatoms. The molecular formula is C12H11BrN2O3. The Morgan fingerprint density at radius 1 is 1.44 bits per heavy atom. The van der Waals surface area contributed by atoms with E-state index in [2.05, 4.69) is 20.9 Å². The van der Waals surface area contributed by atoms with Crippen molar-refractivity contribution in [2.45, 2.75) is 0 Å². The molecule has 0 fully saturated rings. The third kappa shape index (κ3) is 1.99. The van der Waals surface area contributed by atoms with Crippen LogP contribution in [0, 0.1) is 0 Å². The normalized spacial score (nSPS) is 10.4. The SMILES string of the molecule is COc1ccccc1-c1nc(C(=O)O)c(Br)n1C. The van der Waals surface area contributed by atoms with E-state index in [1.165, 1.54) is 0 Å². The van der Waals surface area contributed by atoms with E-state index in [1.807, 2.05) is 18.2 Å². The van der Waals surface area contributed by atoms with E-state index in [4.69, 9.17) is 9.84 Å². The standard InChI is InChI=1S/C12H11BrN2O3/c1-15-10(13)9(12(16)17)14-11(15)7-5-3-4-6-8(7)18-2/h3-6H,1-2H3,(H,16,17). The number of halogens is 1. The second-order valence-electron chi connectivity index (χ2n) is 3.64. The van der Waals surface area contributed by atoms with Crippen LogP contribution in [-0.2, 0) is 7.05 Å². The van der Waals surface area contributed by atoms with Gasteiger partial charge in [-0.3, -0.25) is 0 Å². The van der Waals surface area contributed by atoms with Crippen LogP contribution in [0.25, 0.3) is 11.4 Å². The highest BCUT2D eigenvalue weighted by atomic mass is 79.9. The van der Waals surface area contributed by atoms with Gasteiger partial charge in [0.05, 0.1) is 12.7 Å². The number of carboxylic acid groups (broad SMARTS) is 1. The van der Waals surface area contributed by atoms with Crippen LogP contribution in [0.3, 0.4) is 0 Å². The number of hydrogen-bond acceptors (Lipinski definition) is 3. The molecule has 18 heavy (non-hydrogen) atoms. The number of methoxy groups -OCH3 is 1. The van der Waals surface area contributed by atoms with Crippen LogP contribution in [0.5, 0.6) is 5.75 Å². The summed E-state index contributed by atoms with van der Waals surface area (Å²) in [7, 11) is 3.31. The zero-order valence-electron chi connectivity index (χ0n) is 9.85. The van der Waals surface area contributed by atoms with Crippen molar-refractivity contribution in [2.75, 3.05) is 7.11 Å². The zero-order valence-corrected chi connectivity index (χ0v) is 11.4. The van der Waals surface area contributed by atoms with Crippen LogP contribution in [0.4, 0.5) is 0 Å². The number of carboxylic acids is 1. The summed E-state index contributed by atoms with van der Waals surface area (Å²) >= 11 is 3.22. The highest BCUT2D eigenvalue weighted by Gasteiger charge is 2.20. The second-order valence-corrected chi connectivity index (χ2v) is 4.39. The summed E-state index contributed by atoms with van der Waals surface area (Å²) in [5.41, 5.74) is 0.731. The minimum absolute atomic E-state index is 0.0154. The monoisotopic (exact) mass is 310 g/mol. The Hall–Kier alpha value is -1.82. The van der Waals surface area contributed by atoms with Gasteiger partial charge in [0.25, 0.3) is 0 Å². The Kier molecular flexibility index (Phi) is 3.38. The first-order valence-corrected chi connectivity index (χ1v) is 5.94.